The summed E-state index contributed by atoms with van der Waals surface area (Å²) in [6.45, 7) is 13.3. The minimum Gasteiger partial charge on any atom is -0.459 e. The Labute approximate surface area is 218 Å². The Kier molecular flexibility index (Phi) is 9.61. The Hall–Kier alpha value is -3.68. The standard InChI is InChI=1S/C29H37NO7/c1-18(21-15-12-16-22(17-21)24(31)20-13-10-9-11-14-20)25(32)35-19(2)23(26(33)36-28(3,4)5)30-27(34)37-29(6,7)8/h9-19,23H,1-8H3,(H,30,34)/t18-,19+,23-/m0/s1. The number of alkyl carbamates (subject to hydrolysis) is 1. The molecule has 2 aromatic rings. The van der Waals surface area contributed by atoms with E-state index >= 15 is 0 Å². The predicted molar refractivity (Wildman–Crippen MR) is 139 cm³/mol. The molecule has 1 N–H and O–H groups in total. The first-order valence-corrected chi connectivity index (χ1v) is 12.2. The summed E-state index contributed by atoms with van der Waals surface area (Å²) in [5, 5.41) is 2.46. The zero-order valence-electron chi connectivity index (χ0n) is 22.8. The Morgan fingerprint density at radius 1 is 0.730 bits per heavy atom. The highest BCUT2D eigenvalue weighted by atomic mass is 16.6. The lowest BCUT2D eigenvalue weighted by molar-refractivity contribution is -0.165. The molecule has 0 fully saturated rings. The van der Waals surface area contributed by atoms with E-state index in [1.165, 1.54) is 6.92 Å². The van der Waals surface area contributed by atoms with E-state index in [2.05, 4.69) is 5.32 Å². The van der Waals surface area contributed by atoms with Crippen molar-refractivity contribution >= 4 is 23.8 Å². The van der Waals surface area contributed by atoms with Gasteiger partial charge in [-0.3, -0.25) is 9.59 Å². The highest BCUT2D eigenvalue weighted by Crippen LogP contribution is 2.22. The summed E-state index contributed by atoms with van der Waals surface area (Å²) < 4.78 is 16.3. The molecule has 0 aliphatic rings. The fraction of sp³-hybridized carbons (Fsp3) is 0.448. The molecule has 2 aromatic carbocycles. The number of ketones is 1. The van der Waals surface area contributed by atoms with Gasteiger partial charge in [-0.05, 0) is 67.0 Å². The van der Waals surface area contributed by atoms with Crippen molar-refractivity contribution in [3.05, 3.63) is 71.3 Å². The predicted octanol–water partition coefficient (Wildman–Crippen LogP) is 5.19. The number of ether oxygens (including phenoxy) is 3. The van der Waals surface area contributed by atoms with Crippen LogP contribution in [-0.4, -0.2) is 47.2 Å². The van der Waals surface area contributed by atoms with Gasteiger partial charge in [-0.1, -0.05) is 48.5 Å². The van der Waals surface area contributed by atoms with Gasteiger partial charge in [-0.15, -0.1) is 0 Å². The van der Waals surface area contributed by atoms with Crippen LogP contribution in [0.3, 0.4) is 0 Å². The van der Waals surface area contributed by atoms with Crippen LogP contribution in [-0.2, 0) is 23.8 Å². The first kappa shape index (κ1) is 29.5. The second kappa shape index (κ2) is 12.0. The molecule has 0 aromatic heterocycles. The van der Waals surface area contributed by atoms with Gasteiger partial charge in [0.05, 0.1) is 5.92 Å². The fourth-order valence-electron chi connectivity index (χ4n) is 3.36. The number of carbonyl (C=O) groups is 4. The summed E-state index contributed by atoms with van der Waals surface area (Å²) in [6.07, 6.45) is -1.90. The van der Waals surface area contributed by atoms with Gasteiger partial charge < -0.3 is 19.5 Å². The summed E-state index contributed by atoms with van der Waals surface area (Å²) in [7, 11) is 0. The van der Waals surface area contributed by atoms with Gasteiger partial charge in [0.1, 0.15) is 17.3 Å². The van der Waals surface area contributed by atoms with Gasteiger partial charge in [0.2, 0.25) is 0 Å². The molecule has 0 saturated carbocycles. The SMILES string of the molecule is C[C@H](C(=O)O[C@H](C)[C@H](NC(=O)OC(C)(C)C)C(=O)OC(C)(C)C)c1cccc(C(=O)c2ccccc2)c1. The number of hydrogen-bond acceptors (Lipinski definition) is 7. The van der Waals surface area contributed by atoms with Gasteiger partial charge in [0.25, 0.3) is 0 Å². The lowest BCUT2D eigenvalue weighted by Gasteiger charge is -2.29. The van der Waals surface area contributed by atoms with Crippen molar-refractivity contribution < 1.29 is 33.4 Å². The summed E-state index contributed by atoms with van der Waals surface area (Å²) in [4.78, 5) is 51.1. The first-order chi connectivity index (χ1) is 17.1. The van der Waals surface area contributed by atoms with Crippen LogP contribution in [0.4, 0.5) is 4.79 Å². The van der Waals surface area contributed by atoms with E-state index in [9.17, 15) is 19.2 Å². The largest absolute Gasteiger partial charge is 0.459 e. The third-order valence-corrected chi connectivity index (χ3v) is 5.14. The molecule has 0 spiro atoms. The molecular weight excluding hydrogens is 474 g/mol. The maximum Gasteiger partial charge on any atom is 0.408 e. The number of benzene rings is 2. The van der Waals surface area contributed by atoms with Crippen LogP contribution >= 0.6 is 0 Å². The molecule has 8 heteroatoms. The van der Waals surface area contributed by atoms with E-state index in [0.717, 1.165) is 0 Å². The van der Waals surface area contributed by atoms with Crippen molar-refractivity contribution in [3.63, 3.8) is 0 Å². The smallest absolute Gasteiger partial charge is 0.408 e. The molecule has 0 bridgehead atoms. The average molecular weight is 512 g/mol. The summed E-state index contributed by atoms with van der Waals surface area (Å²) in [5.74, 6) is -2.30. The van der Waals surface area contributed by atoms with Gasteiger partial charge in [0.15, 0.2) is 11.8 Å². The minimum atomic E-state index is -1.30. The molecule has 3 atom stereocenters. The van der Waals surface area contributed by atoms with Gasteiger partial charge in [-0.25, -0.2) is 9.59 Å². The number of carbonyl (C=O) groups excluding carboxylic acids is 4. The van der Waals surface area contributed by atoms with Crippen LogP contribution in [0.2, 0.25) is 0 Å². The second-order valence-corrected chi connectivity index (χ2v) is 10.8. The van der Waals surface area contributed by atoms with E-state index in [-0.39, 0.29) is 5.78 Å². The molecule has 0 radical (unpaired) electrons. The number of nitrogens with one attached hydrogen (secondary N) is 1. The van der Waals surface area contributed by atoms with Crippen molar-refractivity contribution in [1.29, 1.82) is 0 Å². The van der Waals surface area contributed by atoms with E-state index in [4.69, 9.17) is 14.2 Å². The van der Waals surface area contributed by atoms with Crippen LogP contribution < -0.4 is 5.32 Å². The van der Waals surface area contributed by atoms with Crippen LogP contribution in [0.25, 0.3) is 0 Å². The number of esters is 2. The van der Waals surface area contributed by atoms with E-state index < -0.39 is 47.3 Å². The van der Waals surface area contributed by atoms with E-state index in [1.54, 1.807) is 97.0 Å². The Bertz CT molecular complexity index is 1110. The monoisotopic (exact) mass is 511 g/mol. The summed E-state index contributed by atoms with van der Waals surface area (Å²) in [5.41, 5.74) is -0.0631. The number of hydrogen-bond donors (Lipinski definition) is 1. The average Bonchev–Trinajstić information content (AvgIpc) is 2.79. The van der Waals surface area contributed by atoms with Gasteiger partial charge in [-0.2, -0.15) is 0 Å². The fourth-order valence-corrected chi connectivity index (χ4v) is 3.36. The molecule has 2 rings (SSSR count). The normalized spacial score (nSPS) is 14.1. The minimum absolute atomic E-state index is 0.164. The Balaban J connectivity index is 2.19. The summed E-state index contributed by atoms with van der Waals surface area (Å²) >= 11 is 0. The third kappa shape index (κ3) is 9.37. The van der Waals surface area contributed by atoms with Crippen LogP contribution in [0.1, 0.15) is 82.8 Å². The summed E-state index contributed by atoms with van der Waals surface area (Å²) in [6, 6.07) is 14.3. The zero-order valence-corrected chi connectivity index (χ0v) is 22.8. The Morgan fingerprint density at radius 2 is 1.30 bits per heavy atom. The quantitative estimate of drug-likeness (QED) is 0.295. The van der Waals surface area contributed by atoms with Gasteiger partial charge >= 0.3 is 18.0 Å². The number of amides is 1. The molecule has 0 aliphatic carbocycles. The highest BCUT2D eigenvalue weighted by Gasteiger charge is 2.35. The zero-order chi connectivity index (χ0) is 28.0. The molecule has 37 heavy (non-hydrogen) atoms. The first-order valence-electron chi connectivity index (χ1n) is 12.2. The van der Waals surface area contributed by atoms with Gasteiger partial charge in [0, 0.05) is 11.1 Å². The maximum absolute atomic E-state index is 13.0. The molecule has 0 aliphatic heterocycles. The van der Waals surface area contributed by atoms with Crippen LogP contribution in [0.15, 0.2) is 54.6 Å². The third-order valence-electron chi connectivity index (χ3n) is 5.14. The second-order valence-electron chi connectivity index (χ2n) is 10.8. The lowest BCUT2D eigenvalue weighted by Crippen LogP contribution is -2.52. The van der Waals surface area contributed by atoms with Crippen LogP contribution in [0, 0.1) is 0 Å². The van der Waals surface area contributed by atoms with Crippen molar-refractivity contribution in [2.75, 3.05) is 0 Å². The lowest BCUT2D eigenvalue weighted by atomic mass is 9.95. The van der Waals surface area contributed by atoms with Crippen molar-refractivity contribution in [2.45, 2.75) is 84.7 Å². The Morgan fingerprint density at radius 3 is 1.86 bits per heavy atom. The molecule has 1 amide bonds. The molecule has 0 unspecified atom stereocenters. The molecule has 200 valence electrons. The van der Waals surface area contributed by atoms with E-state index in [1.807, 2.05) is 6.07 Å². The van der Waals surface area contributed by atoms with E-state index in [0.29, 0.717) is 16.7 Å². The molecular formula is C29H37NO7. The highest BCUT2D eigenvalue weighted by molar-refractivity contribution is 6.09. The maximum atomic E-state index is 13.0. The van der Waals surface area contributed by atoms with Crippen LogP contribution in [0.5, 0.6) is 0 Å². The molecule has 0 saturated heterocycles. The van der Waals surface area contributed by atoms with Crippen molar-refractivity contribution in [2.24, 2.45) is 0 Å². The molecule has 8 nitrogen and oxygen atoms in total. The number of rotatable bonds is 8. The van der Waals surface area contributed by atoms with Crippen molar-refractivity contribution in [1.82, 2.24) is 5.32 Å². The van der Waals surface area contributed by atoms with Crippen molar-refractivity contribution in [3.8, 4) is 0 Å². The molecule has 0 heterocycles. The topological polar surface area (TPSA) is 108 Å².